The molecule has 3 aliphatic rings. The molecule has 3 atom stereocenters. The summed E-state index contributed by atoms with van der Waals surface area (Å²) in [6.45, 7) is 2.06. The third-order valence-corrected chi connectivity index (χ3v) is 6.21. The zero-order valence-corrected chi connectivity index (χ0v) is 13.2. The molecule has 0 aliphatic heterocycles. The highest BCUT2D eigenvalue weighted by atomic mass is 16.5. The van der Waals surface area contributed by atoms with Gasteiger partial charge < -0.3 is 9.84 Å². The summed E-state index contributed by atoms with van der Waals surface area (Å²) in [5, 5.41) is 11.5. The maximum atomic E-state index is 12.2. The van der Waals surface area contributed by atoms with Gasteiger partial charge in [-0.1, -0.05) is 12.5 Å². The van der Waals surface area contributed by atoms with Crippen LogP contribution < -0.4 is 4.74 Å². The Hall–Kier alpha value is -1.61. The van der Waals surface area contributed by atoms with Crippen LogP contribution in [0.25, 0.3) is 0 Å². The Kier molecular flexibility index (Phi) is 2.83. The fourth-order valence-electron chi connectivity index (χ4n) is 5.31. The number of methoxy groups -OCH3 is 1. The number of rotatable bonds is 1. The molecule has 1 aromatic rings. The van der Waals surface area contributed by atoms with Gasteiger partial charge >= 0.3 is 0 Å². The predicted octanol–water partition coefficient (Wildman–Crippen LogP) is 2.86. The molecule has 0 heterocycles. The number of hydrogen-bond donors (Lipinski definition) is 1. The van der Waals surface area contributed by atoms with Crippen molar-refractivity contribution in [2.45, 2.75) is 50.0 Å². The van der Waals surface area contributed by atoms with Crippen LogP contribution in [0, 0.1) is 12.8 Å². The van der Waals surface area contributed by atoms with E-state index in [1.165, 1.54) is 11.1 Å². The van der Waals surface area contributed by atoms with E-state index in [4.69, 9.17) is 4.74 Å². The summed E-state index contributed by atoms with van der Waals surface area (Å²) in [7, 11) is 1.68. The van der Waals surface area contributed by atoms with Crippen molar-refractivity contribution >= 4 is 5.78 Å². The molecule has 116 valence electrons. The quantitative estimate of drug-likeness (QED) is 0.867. The van der Waals surface area contributed by atoms with Crippen molar-refractivity contribution in [1.82, 2.24) is 0 Å². The van der Waals surface area contributed by atoms with Gasteiger partial charge in [-0.05, 0) is 67.0 Å². The first-order chi connectivity index (χ1) is 10.5. The standard InChI is InChI=1S/C19H22O3/c1-12-16(22-2)6-5-13-10-14-4-3-8-18(17(12)13)11-15(20)7-9-19(14,18)21/h5-7,9,14,21H,3-4,8,10-11H2,1-2H3/t14-,18-,19-/m1/s1. The fourth-order valence-corrected chi connectivity index (χ4v) is 5.31. The Morgan fingerprint density at radius 1 is 1.36 bits per heavy atom. The summed E-state index contributed by atoms with van der Waals surface area (Å²) < 4.78 is 5.50. The molecule has 0 spiro atoms. The lowest BCUT2D eigenvalue weighted by Gasteiger charge is -2.59. The minimum Gasteiger partial charge on any atom is -0.496 e. The van der Waals surface area contributed by atoms with Crippen LogP contribution in [0.5, 0.6) is 5.75 Å². The van der Waals surface area contributed by atoms with Crippen LogP contribution in [0.15, 0.2) is 24.3 Å². The van der Waals surface area contributed by atoms with E-state index in [1.807, 2.05) is 6.07 Å². The minimum atomic E-state index is -0.886. The zero-order chi connectivity index (χ0) is 15.5. The summed E-state index contributed by atoms with van der Waals surface area (Å²) >= 11 is 0. The lowest BCUT2D eigenvalue weighted by atomic mass is 9.47. The van der Waals surface area contributed by atoms with E-state index >= 15 is 0 Å². The smallest absolute Gasteiger partial charge is 0.156 e. The first-order valence-corrected chi connectivity index (χ1v) is 8.13. The molecule has 2 bridgehead atoms. The fraction of sp³-hybridized carbons (Fsp3) is 0.526. The molecule has 0 radical (unpaired) electrons. The molecule has 3 heteroatoms. The van der Waals surface area contributed by atoms with Crippen molar-refractivity contribution in [2.75, 3.05) is 7.11 Å². The van der Waals surface area contributed by atoms with Crippen LogP contribution in [-0.4, -0.2) is 23.6 Å². The summed E-state index contributed by atoms with van der Waals surface area (Å²) in [6, 6.07) is 4.15. The van der Waals surface area contributed by atoms with Gasteiger partial charge in [0.15, 0.2) is 5.78 Å². The molecule has 0 saturated heterocycles. The number of carbonyl (C=O) groups excluding carboxylic acids is 1. The summed E-state index contributed by atoms with van der Waals surface area (Å²) in [5.74, 6) is 1.19. The SMILES string of the molecule is COc1ccc2c(c1C)[C@]13CCC[C@H](C2)[C@]1(O)C=CC(=O)C3. The molecule has 1 fully saturated rings. The Bertz CT molecular complexity index is 690. The first-order valence-electron chi connectivity index (χ1n) is 8.13. The van der Waals surface area contributed by atoms with E-state index in [1.54, 1.807) is 19.3 Å². The number of ketones is 1. The van der Waals surface area contributed by atoms with E-state index in [9.17, 15) is 9.90 Å². The molecule has 22 heavy (non-hydrogen) atoms. The number of aliphatic hydroxyl groups is 1. The Morgan fingerprint density at radius 2 is 2.18 bits per heavy atom. The van der Waals surface area contributed by atoms with Crippen molar-refractivity contribution in [1.29, 1.82) is 0 Å². The van der Waals surface area contributed by atoms with Crippen LogP contribution in [0.1, 0.15) is 42.4 Å². The highest BCUT2D eigenvalue weighted by Crippen LogP contribution is 2.60. The lowest BCUT2D eigenvalue weighted by Crippen LogP contribution is -2.63. The number of hydrogen-bond acceptors (Lipinski definition) is 3. The minimum absolute atomic E-state index is 0.125. The molecule has 3 aliphatic carbocycles. The largest absolute Gasteiger partial charge is 0.496 e. The van der Waals surface area contributed by atoms with E-state index in [2.05, 4.69) is 13.0 Å². The van der Waals surface area contributed by atoms with Crippen molar-refractivity contribution in [3.8, 4) is 5.75 Å². The number of benzene rings is 1. The summed E-state index contributed by atoms with van der Waals surface area (Å²) in [6.07, 6.45) is 7.67. The second kappa shape index (κ2) is 4.45. The summed E-state index contributed by atoms with van der Waals surface area (Å²) in [5.41, 5.74) is 2.19. The second-order valence-corrected chi connectivity index (χ2v) is 7.10. The zero-order valence-electron chi connectivity index (χ0n) is 13.2. The predicted molar refractivity (Wildman–Crippen MR) is 84.2 cm³/mol. The molecular formula is C19H22O3. The molecule has 3 nitrogen and oxygen atoms in total. The van der Waals surface area contributed by atoms with Gasteiger partial charge in [0, 0.05) is 11.8 Å². The second-order valence-electron chi connectivity index (χ2n) is 7.10. The molecule has 0 aromatic heterocycles. The normalized spacial score (nSPS) is 35.8. The lowest BCUT2D eigenvalue weighted by molar-refractivity contribution is -0.129. The van der Waals surface area contributed by atoms with Gasteiger partial charge in [0.05, 0.1) is 12.7 Å². The third-order valence-electron chi connectivity index (χ3n) is 6.21. The van der Waals surface area contributed by atoms with Gasteiger partial charge in [0.1, 0.15) is 5.75 Å². The monoisotopic (exact) mass is 298 g/mol. The van der Waals surface area contributed by atoms with Gasteiger partial charge in [-0.25, -0.2) is 0 Å². The molecule has 1 aromatic carbocycles. The average Bonchev–Trinajstić information content (AvgIpc) is 2.47. The van der Waals surface area contributed by atoms with Gasteiger partial charge in [0.2, 0.25) is 0 Å². The molecule has 1 saturated carbocycles. The summed E-state index contributed by atoms with van der Waals surface area (Å²) in [4.78, 5) is 12.2. The molecule has 4 rings (SSSR count). The maximum Gasteiger partial charge on any atom is 0.156 e. The van der Waals surface area contributed by atoms with Gasteiger partial charge in [0.25, 0.3) is 0 Å². The van der Waals surface area contributed by atoms with E-state index in [-0.39, 0.29) is 11.7 Å². The van der Waals surface area contributed by atoms with Crippen molar-refractivity contribution in [3.63, 3.8) is 0 Å². The van der Waals surface area contributed by atoms with Gasteiger partial charge in [-0.2, -0.15) is 0 Å². The number of carbonyl (C=O) groups is 1. The van der Waals surface area contributed by atoms with E-state index < -0.39 is 11.0 Å². The first kappa shape index (κ1) is 14.0. The van der Waals surface area contributed by atoms with E-state index in [0.717, 1.165) is 37.0 Å². The Labute approximate surface area is 131 Å². The Morgan fingerprint density at radius 3 is 2.95 bits per heavy atom. The number of allylic oxidation sites excluding steroid dienone is 1. The maximum absolute atomic E-state index is 12.2. The van der Waals surface area contributed by atoms with Crippen LogP contribution in [0.2, 0.25) is 0 Å². The topological polar surface area (TPSA) is 46.5 Å². The third kappa shape index (κ3) is 1.52. The van der Waals surface area contributed by atoms with E-state index in [0.29, 0.717) is 6.42 Å². The molecular weight excluding hydrogens is 276 g/mol. The average molecular weight is 298 g/mol. The van der Waals surface area contributed by atoms with Gasteiger partial charge in [-0.15, -0.1) is 0 Å². The van der Waals surface area contributed by atoms with Crippen LogP contribution in [-0.2, 0) is 16.6 Å². The molecule has 0 unspecified atom stereocenters. The molecule has 0 amide bonds. The molecule has 1 N–H and O–H groups in total. The van der Waals surface area contributed by atoms with Crippen LogP contribution in [0.4, 0.5) is 0 Å². The highest BCUT2D eigenvalue weighted by molar-refractivity contribution is 5.93. The van der Waals surface area contributed by atoms with Crippen LogP contribution in [0.3, 0.4) is 0 Å². The Balaban J connectivity index is 2.04. The number of fused-ring (bicyclic) bond motifs is 1. The van der Waals surface area contributed by atoms with Gasteiger partial charge in [-0.3, -0.25) is 4.79 Å². The van der Waals surface area contributed by atoms with Crippen molar-refractivity contribution in [2.24, 2.45) is 5.92 Å². The van der Waals surface area contributed by atoms with Crippen LogP contribution >= 0.6 is 0 Å². The highest BCUT2D eigenvalue weighted by Gasteiger charge is 2.61. The van der Waals surface area contributed by atoms with Crippen molar-refractivity contribution < 1.29 is 14.6 Å². The number of ether oxygens (including phenoxy) is 1. The van der Waals surface area contributed by atoms with Crippen molar-refractivity contribution in [3.05, 3.63) is 41.0 Å².